The van der Waals surface area contributed by atoms with E-state index in [4.69, 9.17) is 4.42 Å². The molecule has 0 saturated heterocycles. The summed E-state index contributed by atoms with van der Waals surface area (Å²) in [7, 11) is -4.05. The van der Waals surface area contributed by atoms with Gasteiger partial charge in [-0.3, -0.25) is 15.2 Å². The molecule has 0 aliphatic carbocycles. The molecule has 0 unspecified atom stereocenters. The van der Waals surface area contributed by atoms with Gasteiger partial charge in [0.05, 0.1) is 16.0 Å². The van der Waals surface area contributed by atoms with Gasteiger partial charge in [-0.25, -0.2) is 13.2 Å². The van der Waals surface area contributed by atoms with Crippen molar-refractivity contribution in [3.05, 3.63) is 64.8 Å². The second kappa shape index (κ2) is 5.86. The maximum absolute atomic E-state index is 12.4. The Bertz CT molecular complexity index is 1300. The number of fused-ring (bicyclic) bond motifs is 2. The lowest BCUT2D eigenvalue weighted by molar-refractivity contribution is 0.0947. The van der Waals surface area contributed by atoms with Gasteiger partial charge in [-0.15, -0.1) is 4.83 Å². The van der Waals surface area contributed by atoms with Gasteiger partial charge in [0.15, 0.2) is 5.58 Å². The van der Waals surface area contributed by atoms with E-state index in [-0.39, 0.29) is 10.5 Å². The van der Waals surface area contributed by atoms with Crippen LogP contribution in [-0.2, 0) is 10.0 Å². The van der Waals surface area contributed by atoms with Gasteiger partial charge in [-0.1, -0.05) is 18.2 Å². The van der Waals surface area contributed by atoms with Crippen LogP contribution in [0.15, 0.2) is 62.8 Å². The molecule has 26 heavy (non-hydrogen) atoms. The van der Waals surface area contributed by atoms with E-state index in [1.54, 1.807) is 18.2 Å². The normalized spacial score (nSPS) is 11.8. The quantitative estimate of drug-likeness (QED) is 0.399. The monoisotopic (exact) mass is 372 g/mol. The number of carbonyl (C=O) groups excluding carboxylic acids is 1. The average Bonchev–Trinajstić information content (AvgIpc) is 3.21. The fourth-order valence-electron chi connectivity index (χ4n) is 2.59. The molecule has 10 heteroatoms. The highest BCUT2D eigenvalue weighted by Crippen LogP contribution is 2.18. The van der Waals surface area contributed by atoms with E-state index in [9.17, 15) is 18.0 Å². The molecule has 0 atom stereocenters. The van der Waals surface area contributed by atoms with Gasteiger partial charge >= 0.3 is 5.76 Å². The predicted molar refractivity (Wildman–Crippen MR) is 92.9 cm³/mol. The molecule has 4 N–H and O–H groups in total. The zero-order chi connectivity index (χ0) is 18.3. The highest BCUT2D eigenvalue weighted by atomic mass is 32.2. The topological polar surface area (TPSA) is 137 Å². The van der Waals surface area contributed by atoms with Crippen molar-refractivity contribution in [1.82, 2.24) is 20.2 Å². The van der Waals surface area contributed by atoms with Crippen molar-refractivity contribution in [2.24, 2.45) is 0 Å². The van der Waals surface area contributed by atoms with Crippen LogP contribution in [0.3, 0.4) is 0 Å². The molecule has 2 aromatic carbocycles. The molecular weight excluding hydrogens is 360 g/mol. The van der Waals surface area contributed by atoms with Gasteiger partial charge in [0.2, 0.25) is 0 Å². The second-order valence-corrected chi connectivity index (χ2v) is 7.16. The number of sulfonamides is 1. The zero-order valence-corrected chi connectivity index (χ0v) is 13.9. The Morgan fingerprint density at radius 1 is 1.08 bits per heavy atom. The van der Waals surface area contributed by atoms with E-state index in [2.05, 4.69) is 15.4 Å². The number of para-hydroxylation sites is 1. The lowest BCUT2D eigenvalue weighted by Crippen LogP contribution is -2.41. The Kier molecular flexibility index (Phi) is 3.63. The van der Waals surface area contributed by atoms with Crippen molar-refractivity contribution in [3.63, 3.8) is 0 Å². The van der Waals surface area contributed by atoms with Gasteiger partial charge in [0.1, 0.15) is 0 Å². The summed E-state index contributed by atoms with van der Waals surface area (Å²) in [5.74, 6) is -1.30. The van der Waals surface area contributed by atoms with Crippen LogP contribution in [0.1, 0.15) is 10.4 Å². The van der Waals surface area contributed by atoms with Crippen LogP contribution in [0.25, 0.3) is 22.0 Å². The van der Waals surface area contributed by atoms with E-state index in [1.807, 2.05) is 10.9 Å². The minimum Gasteiger partial charge on any atom is -0.408 e. The van der Waals surface area contributed by atoms with Gasteiger partial charge in [0, 0.05) is 23.2 Å². The van der Waals surface area contributed by atoms with Crippen LogP contribution >= 0.6 is 0 Å². The van der Waals surface area contributed by atoms with Crippen LogP contribution < -0.4 is 16.0 Å². The summed E-state index contributed by atoms with van der Waals surface area (Å²) >= 11 is 0. The number of rotatable bonds is 4. The molecule has 2 aromatic heterocycles. The maximum Gasteiger partial charge on any atom is 0.417 e. The Hall–Kier alpha value is -3.37. The van der Waals surface area contributed by atoms with Crippen molar-refractivity contribution in [3.8, 4) is 0 Å². The smallest absolute Gasteiger partial charge is 0.408 e. The first kappa shape index (κ1) is 16.1. The van der Waals surface area contributed by atoms with Crippen molar-refractivity contribution in [1.29, 1.82) is 0 Å². The Labute approximate surface area is 146 Å². The maximum atomic E-state index is 12.4. The fourth-order valence-corrected chi connectivity index (χ4v) is 3.45. The van der Waals surface area contributed by atoms with Gasteiger partial charge in [0.25, 0.3) is 15.9 Å². The van der Waals surface area contributed by atoms with Crippen molar-refractivity contribution < 1.29 is 17.6 Å². The molecule has 0 saturated carbocycles. The molecule has 9 nitrogen and oxygen atoms in total. The van der Waals surface area contributed by atoms with E-state index < -0.39 is 21.7 Å². The number of amides is 1. The molecule has 0 bridgehead atoms. The Balaban J connectivity index is 1.57. The van der Waals surface area contributed by atoms with Crippen LogP contribution in [0.2, 0.25) is 0 Å². The van der Waals surface area contributed by atoms with E-state index >= 15 is 0 Å². The van der Waals surface area contributed by atoms with Gasteiger partial charge in [-0.05, 0) is 18.2 Å². The summed E-state index contributed by atoms with van der Waals surface area (Å²) in [4.78, 5) is 30.7. The third-order valence-electron chi connectivity index (χ3n) is 3.84. The van der Waals surface area contributed by atoms with Crippen molar-refractivity contribution >= 4 is 37.9 Å². The molecule has 0 aliphatic heterocycles. The summed E-state index contributed by atoms with van der Waals surface area (Å²) in [6.45, 7) is 0. The minimum absolute atomic E-state index is 0.0980. The minimum atomic E-state index is -4.05. The standard InChI is InChI=1S/C16H12N4O5S/c21-15(11-8-17-12-4-2-1-3-10(11)12)19-20-26(23,24)9-5-6-13-14(7-9)25-16(22)18-13/h1-8,17,20H,(H,18,22)(H,19,21). The van der Waals surface area contributed by atoms with Crippen molar-refractivity contribution in [2.75, 3.05) is 0 Å². The highest BCUT2D eigenvalue weighted by Gasteiger charge is 2.18. The highest BCUT2D eigenvalue weighted by molar-refractivity contribution is 7.89. The number of benzene rings is 2. The lowest BCUT2D eigenvalue weighted by atomic mass is 10.2. The number of aromatic amines is 2. The zero-order valence-electron chi connectivity index (χ0n) is 13.1. The summed E-state index contributed by atoms with van der Waals surface area (Å²) in [6, 6.07) is 11.0. The number of hydrazine groups is 1. The average molecular weight is 372 g/mol. The summed E-state index contributed by atoms with van der Waals surface area (Å²) < 4.78 is 29.6. The first-order valence-corrected chi connectivity index (χ1v) is 8.93. The fraction of sp³-hybridized carbons (Fsp3) is 0. The molecule has 4 rings (SSSR count). The van der Waals surface area contributed by atoms with Crippen LogP contribution in [0, 0.1) is 0 Å². The van der Waals surface area contributed by atoms with E-state index in [0.29, 0.717) is 16.5 Å². The molecule has 0 radical (unpaired) electrons. The first-order chi connectivity index (χ1) is 12.4. The van der Waals surface area contributed by atoms with E-state index in [1.165, 1.54) is 24.4 Å². The van der Waals surface area contributed by atoms with Gasteiger partial charge in [-0.2, -0.15) is 0 Å². The van der Waals surface area contributed by atoms with Crippen LogP contribution in [-0.4, -0.2) is 24.3 Å². The first-order valence-electron chi connectivity index (χ1n) is 7.45. The molecule has 0 spiro atoms. The van der Waals surface area contributed by atoms with Gasteiger partial charge < -0.3 is 9.40 Å². The molecule has 132 valence electrons. The number of aromatic nitrogens is 2. The third-order valence-corrected chi connectivity index (χ3v) is 5.08. The predicted octanol–water partition coefficient (Wildman–Crippen LogP) is 1.23. The largest absolute Gasteiger partial charge is 0.417 e. The number of hydrogen-bond acceptors (Lipinski definition) is 5. The van der Waals surface area contributed by atoms with Crippen LogP contribution in [0.4, 0.5) is 0 Å². The second-order valence-electron chi connectivity index (χ2n) is 5.48. The van der Waals surface area contributed by atoms with Crippen molar-refractivity contribution in [2.45, 2.75) is 4.90 Å². The molecular formula is C16H12N4O5S. The number of H-pyrrole nitrogens is 2. The molecule has 1 amide bonds. The molecule has 2 heterocycles. The van der Waals surface area contributed by atoms with E-state index in [0.717, 1.165) is 5.52 Å². The summed E-state index contributed by atoms with van der Waals surface area (Å²) in [6.07, 6.45) is 1.49. The SMILES string of the molecule is O=C(NNS(=O)(=O)c1ccc2[nH]c(=O)oc2c1)c1c[nH]c2ccccc12. The number of hydrogen-bond donors (Lipinski definition) is 4. The third kappa shape index (κ3) is 2.76. The number of carbonyl (C=O) groups is 1. The number of oxazole rings is 1. The van der Waals surface area contributed by atoms with Crippen LogP contribution in [0.5, 0.6) is 0 Å². The number of nitrogens with one attached hydrogen (secondary N) is 4. The lowest BCUT2D eigenvalue weighted by Gasteiger charge is -2.08. The Morgan fingerprint density at radius 3 is 2.73 bits per heavy atom. The summed E-state index contributed by atoms with van der Waals surface area (Å²) in [5.41, 5.74) is 3.70. The Morgan fingerprint density at radius 2 is 1.88 bits per heavy atom. The molecule has 4 aromatic rings. The molecule has 0 fully saturated rings. The molecule has 0 aliphatic rings. The summed E-state index contributed by atoms with van der Waals surface area (Å²) in [5, 5.41) is 0.666.